The van der Waals surface area contributed by atoms with Gasteiger partial charge in [0.2, 0.25) is 5.91 Å². The summed E-state index contributed by atoms with van der Waals surface area (Å²) in [6, 6.07) is 5.81. The fourth-order valence-corrected chi connectivity index (χ4v) is 5.08. The highest BCUT2D eigenvalue weighted by Crippen LogP contribution is 2.29. The molecule has 2 amide bonds. The maximum Gasteiger partial charge on any atom is 0.263 e. The van der Waals surface area contributed by atoms with Gasteiger partial charge in [-0.1, -0.05) is 0 Å². The van der Waals surface area contributed by atoms with Crippen molar-refractivity contribution in [2.45, 2.75) is 33.2 Å². The Hall–Kier alpha value is -2.45. The van der Waals surface area contributed by atoms with Crippen molar-refractivity contribution in [2.24, 2.45) is 0 Å². The molecule has 0 saturated carbocycles. The van der Waals surface area contributed by atoms with Gasteiger partial charge in [-0.3, -0.25) is 9.59 Å². The summed E-state index contributed by atoms with van der Waals surface area (Å²) in [6.45, 7) is 5.42. The zero-order valence-electron chi connectivity index (χ0n) is 15.8. The molecule has 0 saturated heterocycles. The Morgan fingerprint density at radius 3 is 2.93 bits per heavy atom. The number of aromatic nitrogens is 1. The monoisotopic (exact) mass is 415 g/mol. The van der Waals surface area contributed by atoms with E-state index in [1.807, 2.05) is 30.9 Å². The van der Waals surface area contributed by atoms with E-state index >= 15 is 0 Å². The third-order valence-corrected chi connectivity index (χ3v) is 6.93. The number of carbonyl (C=O) groups excluding carboxylic acids is 2. The summed E-state index contributed by atoms with van der Waals surface area (Å²) in [5, 5.41) is 5.61. The molecule has 146 valence electrons. The summed E-state index contributed by atoms with van der Waals surface area (Å²) >= 11 is 3.06. The van der Waals surface area contributed by atoms with E-state index < -0.39 is 0 Å². The predicted octanol–water partition coefficient (Wildman–Crippen LogP) is 3.79. The Morgan fingerprint density at radius 2 is 2.14 bits per heavy atom. The number of hydrogen-bond acceptors (Lipinski definition) is 6. The lowest BCUT2D eigenvalue weighted by Gasteiger charge is -2.27. The van der Waals surface area contributed by atoms with Crippen LogP contribution in [0.25, 0.3) is 10.8 Å². The fraction of sp³-hybridized carbons (Fsp3) is 0.350. The Labute approximate surface area is 171 Å². The Kier molecular flexibility index (Phi) is 5.32. The summed E-state index contributed by atoms with van der Waals surface area (Å²) in [7, 11) is 0. The lowest BCUT2D eigenvalue weighted by molar-refractivity contribution is -0.131. The molecule has 0 aromatic carbocycles. The number of nitrogens with one attached hydrogen (secondary N) is 1. The van der Waals surface area contributed by atoms with Crippen LogP contribution in [0.2, 0.25) is 0 Å². The molecule has 28 heavy (non-hydrogen) atoms. The highest BCUT2D eigenvalue weighted by Gasteiger charge is 2.22. The van der Waals surface area contributed by atoms with Gasteiger partial charge in [-0.15, -0.1) is 22.7 Å². The number of furan rings is 1. The molecule has 4 heterocycles. The number of thiophene rings is 1. The predicted molar refractivity (Wildman–Crippen MR) is 110 cm³/mol. The number of amides is 2. The smallest absolute Gasteiger partial charge is 0.263 e. The molecule has 3 aromatic rings. The molecule has 1 aliphatic rings. The van der Waals surface area contributed by atoms with Gasteiger partial charge in [0.05, 0.1) is 5.69 Å². The topological polar surface area (TPSA) is 75.4 Å². The molecule has 1 aliphatic heterocycles. The molecule has 0 radical (unpaired) electrons. The maximum atomic E-state index is 12.5. The van der Waals surface area contributed by atoms with Crippen LogP contribution in [0.3, 0.4) is 0 Å². The van der Waals surface area contributed by atoms with Crippen molar-refractivity contribution in [3.8, 4) is 10.8 Å². The minimum atomic E-state index is -0.198. The Morgan fingerprint density at radius 1 is 1.29 bits per heavy atom. The highest BCUT2D eigenvalue weighted by atomic mass is 32.1. The average Bonchev–Trinajstić information content (AvgIpc) is 3.40. The third-order valence-electron chi connectivity index (χ3n) is 4.74. The highest BCUT2D eigenvalue weighted by molar-refractivity contribution is 7.17. The fourth-order valence-electron chi connectivity index (χ4n) is 3.24. The molecule has 4 rings (SSSR count). The van der Waals surface area contributed by atoms with Gasteiger partial charge >= 0.3 is 0 Å². The third kappa shape index (κ3) is 3.88. The van der Waals surface area contributed by atoms with Gasteiger partial charge in [0.15, 0.2) is 10.8 Å². The Bertz CT molecular complexity index is 1020. The number of fused-ring (bicyclic) bond motifs is 1. The van der Waals surface area contributed by atoms with Gasteiger partial charge in [-0.05, 0) is 49.4 Å². The Balaban J connectivity index is 1.31. The molecule has 6 nitrogen and oxygen atoms in total. The van der Waals surface area contributed by atoms with E-state index in [0.717, 1.165) is 18.7 Å². The lowest BCUT2D eigenvalue weighted by atomic mass is 10.1. The van der Waals surface area contributed by atoms with Crippen molar-refractivity contribution >= 4 is 34.5 Å². The van der Waals surface area contributed by atoms with Crippen molar-refractivity contribution in [3.63, 3.8) is 0 Å². The molecule has 1 N–H and O–H groups in total. The quantitative estimate of drug-likeness (QED) is 0.688. The zero-order chi connectivity index (χ0) is 19.7. The van der Waals surface area contributed by atoms with Gasteiger partial charge < -0.3 is 14.6 Å². The standard InChI is InChI=1S/C20H21N3O3S2/c1-12-3-4-15(26-12)20-22-13(2)18(28-20)19(25)21-8-5-17(24)23-9-6-16-14(11-23)7-10-27-16/h3-4,7,10H,5-6,8-9,11H2,1-2H3,(H,21,25). The van der Waals surface area contributed by atoms with Gasteiger partial charge in [0.1, 0.15) is 10.6 Å². The summed E-state index contributed by atoms with van der Waals surface area (Å²) in [5.74, 6) is 1.35. The van der Waals surface area contributed by atoms with Crippen LogP contribution in [-0.4, -0.2) is 34.8 Å². The number of carbonyl (C=O) groups is 2. The van der Waals surface area contributed by atoms with Crippen molar-refractivity contribution in [1.29, 1.82) is 0 Å². The van der Waals surface area contributed by atoms with Crippen LogP contribution in [0, 0.1) is 13.8 Å². The molecule has 0 aliphatic carbocycles. The molecular weight excluding hydrogens is 394 g/mol. The minimum Gasteiger partial charge on any atom is -0.459 e. The van der Waals surface area contributed by atoms with Crippen molar-refractivity contribution in [1.82, 2.24) is 15.2 Å². The van der Waals surface area contributed by atoms with Crippen LogP contribution in [0.5, 0.6) is 0 Å². The second-order valence-corrected chi connectivity index (χ2v) is 8.78. The number of rotatable bonds is 5. The number of hydrogen-bond donors (Lipinski definition) is 1. The molecule has 8 heteroatoms. The molecule has 0 spiro atoms. The van der Waals surface area contributed by atoms with E-state index in [4.69, 9.17) is 4.42 Å². The first-order valence-corrected chi connectivity index (χ1v) is 10.9. The van der Waals surface area contributed by atoms with Gasteiger partial charge in [0, 0.05) is 30.9 Å². The number of nitrogens with zero attached hydrogens (tertiary/aromatic N) is 2. The second kappa shape index (κ2) is 7.89. The lowest BCUT2D eigenvalue weighted by Crippen LogP contribution is -2.37. The molecule has 0 fully saturated rings. The zero-order valence-corrected chi connectivity index (χ0v) is 17.4. The molecule has 0 atom stereocenters. The molecule has 3 aromatic heterocycles. The summed E-state index contributed by atoms with van der Waals surface area (Å²) in [6.07, 6.45) is 1.22. The van der Waals surface area contributed by atoms with Crippen LogP contribution in [0.4, 0.5) is 0 Å². The number of thiazole rings is 1. The van der Waals surface area contributed by atoms with Crippen LogP contribution < -0.4 is 5.32 Å². The van der Waals surface area contributed by atoms with E-state index in [-0.39, 0.29) is 11.8 Å². The van der Waals surface area contributed by atoms with Crippen LogP contribution >= 0.6 is 22.7 Å². The van der Waals surface area contributed by atoms with E-state index in [0.29, 0.717) is 40.8 Å². The first-order valence-electron chi connectivity index (χ1n) is 9.16. The first kappa shape index (κ1) is 18.9. The minimum absolute atomic E-state index is 0.0740. The molecule has 0 bridgehead atoms. The second-order valence-electron chi connectivity index (χ2n) is 6.78. The van der Waals surface area contributed by atoms with Crippen molar-refractivity contribution in [3.05, 3.63) is 50.4 Å². The summed E-state index contributed by atoms with van der Waals surface area (Å²) in [4.78, 5) is 33.2. The molecular formula is C20H21N3O3S2. The van der Waals surface area contributed by atoms with Gasteiger partial charge in [0.25, 0.3) is 5.91 Å². The summed E-state index contributed by atoms with van der Waals surface area (Å²) in [5.41, 5.74) is 1.91. The largest absolute Gasteiger partial charge is 0.459 e. The summed E-state index contributed by atoms with van der Waals surface area (Å²) < 4.78 is 5.58. The van der Waals surface area contributed by atoms with Crippen molar-refractivity contribution < 1.29 is 14.0 Å². The van der Waals surface area contributed by atoms with Gasteiger partial charge in [-0.2, -0.15) is 0 Å². The van der Waals surface area contributed by atoms with Crippen LogP contribution in [0.15, 0.2) is 28.0 Å². The molecule has 0 unspecified atom stereocenters. The average molecular weight is 416 g/mol. The van der Waals surface area contributed by atoms with E-state index in [9.17, 15) is 9.59 Å². The van der Waals surface area contributed by atoms with E-state index in [1.54, 1.807) is 11.3 Å². The SMILES string of the molecule is Cc1ccc(-c2nc(C)c(C(=O)NCCC(=O)N3CCc4sccc4C3)s2)o1. The van der Waals surface area contributed by atoms with E-state index in [2.05, 4.69) is 21.7 Å². The number of aryl methyl sites for hydroxylation is 2. The van der Waals surface area contributed by atoms with Crippen molar-refractivity contribution in [2.75, 3.05) is 13.1 Å². The van der Waals surface area contributed by atoms with E-state index in [1.165, 1.54) is 21.8 Å². The van der Waals surface area contributed by atoms with Crippen LogP contribution in [0.1, 0.15) is 38.0 Å². The van der Waals surface area contributed by atoms with Gasteiger partial charge in [-0.25, -0.2) is 4.98 Å². The normalized spacial score (nSPS) is 13.4. The van der Waals surface area contributed by atoms with Crippen LogP contribution in [-0.2, 0) is 17.8 Å². The first-order chi connectivity index (χ1) is 13.5. The maximum absolute atomic E-state index is 12.5.